The molecule has 0 aromatic heterocycles. The van der Waals surface area contributed by atoms with Crippen molar-refractivity contribution in [3.8, 4) is 17.2 Å². The minimum atomic E-state index is -4.52. The molecule has 2 amide bonds. The van der Waals surface area contributed by atoms with Crippen molar-refractivity contribution >= 4 is 35.0 Å². The van der Waals surface area contributed by atoms with Gasteiger partial charge in [-0.15, -0.1) is 0 Å². The van der Waals surface area contributed by atoms with Gasteiger partial charge in [0.15, 0.2) is 17.6 Å². The summed E-state index contributed by atoms with van der Waals surface area (Å²) in [5.41, 5.74) is 0.586. The Hall–Kier alpha value is -4.90. The molecule has 0 bridgehead atoms. The highest BCUT2D eigenvalue weighted by Gasteiger charge is 2.31. The number of carbonyl (C=O) groups is 2. The Labute approximate surface area is 250 Å². The largest absolute Gasteiger partial charge is 0.493 e. The van der Waals surface area contributed by atoms with Crippen molar-refractivity contribution in [2.45, 2.75) is 12.3 Å². The fourth-order valence-corrected chi connectivity index (χ4v) is 4.39. The Morgan fingerprint density at radius 3 is 1.95 bits per heavy atom. The minimum Gasteiger partial charge on any atom is -0.493 e. The number of ether oxygens (including phenoxy) is 4. The maximum absolute atomic E-state index is 13.2. The molecule has 0 aliphatic carbocycles. The van der Waals surface area contributed by atoms with E-state index in [1.54, 1.807) is 42.5 Å². The third-order valence-corrected chi connectivity index (χ3v) is 6.60. The summed E-state index contributed by atoms with van der Waals surface area (Å²) in [5, 5.41) is 5.60. The molecular weight excluding hydrogens is 589 g/mol. The number of nitrogens with one attached hydrogen (secondary N) is 2. The van der Waals surface area contributed by atoms with Gasteiger partial charge >= 0.3 is 18.2 Å². The van der Waals surface area contributed by atoms with E-state index < -0.39 is 29.8 Å². The zero-order valence-corrected chi connectivity index (χ0v) is 23.9. The number of halogens is 4. The van der Waals surface area contributed by atoms with E-state index in [4.69, 9.17) is 30.5 Å². The molecule has 0 saturated carbocycles. The fraction of sp³-hybridized carbons (Fsp3) is 0.161. The van der Waals surface area contributed by atoms with Gasteiger partial charge in [-0.2, -0.15) is 13.2 Å². The van der Waals surface area contributed by atoms with E-state index in [2.05, 4.69) is 10.6 Å². The highest BCUT2D eigenvalue weighted by atomic mass is 35.5. The highest BCUT2D eigenvalue weighted by Crippen LogP contribution is 2.37. The van der Waals surface area contributed by atoms with Crippen molar-refractivity contribution in [1.29, 1.82) is 0 Å². The van der Waals surface area contributed by atoms with E-state index >= 15 is 0 Å². The van der Waals surface area contributed by atoms with Crippen LogP contribution in [0.1, 0.15) is 33.2 Å². The van der Waals surface area contributed by atoms with E-state index in [1.807, 2.05) is 0 Å². The molecule has 4 rings (SSSR count). The summed E-state index contributed by atoms with van der Waals surface area (Å²) >= 11 is 6.43. The lowest BCUT2D eigenvalue weighted by atomic mass is 9.99. The van der Waals surface area contributed by atoms with Gasteiger partial charge in [-0.3, -0.25) is 0 Å². The first-order valence-corrected chi connectivity index (χ1v) is 13.0. The van der Waals surface area contributed by atoms with E-state index in [0.29, 0.717) is 33.3 Å². The van der Waals surface area contributed by atoms with E-state index in [0.717, 1.165) is 12.1 Å². The van der Waals surface area contributed by atoms with E-state index in [9.17, 15) is 22.8 Å². The summed E-state index contributed by atoms with van der Waals surface area (Å²) in [6.07, 6.45) is -5.52. The predicted octanol–water partition coefficient (Wildman–Crippen LogP) is 7.98. The van der Waals surface area contributed by atoms with Gasteiger partial charge in [-0.25, -0.2) is 9.59 Å². The van der Waals surface area contributed by atoms with E-state index in [-0.39, 0.29) is 17.0 Å². The molecule has 224 valence electrons. The lowest BCUT2D eigenvalue weighted by Gasteiger charge is -2.23. The van der Waals surface area contributed by atoms with Crippen LogP contribution in [0.25, 0.3) is 0 Å². The first-order chi connectivity index (χ1) is 20.5. The number of esters is 1. The number of alkyl halides is 3. The number of methoxy groups -OCH3 is 3. The summed E-state index contributed by atoms with van der Waals surface area (Å²) in [6, 6.07) is 19.6. The van der Waals surface area contributed by atoms with Crippen molar-refractivity contribution in [3.63, 3.8) is 0 Å². The van der Waals surface area contributed by atoms with Crippen LogP contribution in [0.3, 0.4) is 0 Å². The summed E-state index contributed by atoms with van der Waals surface area (Å²) < 4.78 is 61.2. The van der Waals surface area contributed by atoms with E-state index in [1.165, 1.54) is 51.7 Å². The van der Waals surface area contributed by atoms with Gasteiger partial charge < -0.3 is 29.6 Å². The second kappa shape index (κ2) is 13.4. The predicted molar refractivity (Wildman–Crippen MR) is 155 cm³/mol. The molecule has 1 atom stereocenters. The average Bonchev–Trinajstić information content (AvgIpc) is 3.00. The summed E-state index contributed by atoms with van der Waals surface area (Å²) in [7, 11) is 4.13. The average molecular weight is 615 g/mol. The van der Waals surface area contributed by atoms with Gasteiger partial charge in [0.25, 0.3) is 0 Å². The first kappa shape index (κ1) is 31.0. The smallest absolute Gasteiger partial charge is 0.416 e. The molecule has 0 spiro atoms. The molecule has 8 nitrogen and oxygen atoms in total. The SMILES string of the molecule is COC(=O)c1cc(NC(=O)Nc2ccc(OC)c(OC)c2)ccc1OC(c1ccc(C(F)(F)F)cc1)c1ccccc1Cl. The number of carbonyl (C=O) groups excluding carboxylic acids is 2. The van der Waals surface area contributed by atoms with Gasteiger partial charge in [-0.1, -0.05) is 41.9 Å². The van der Waals surface area contributed by atoms with Crippen LogP contribution >= 0.6 is 11.6 Å². The maximum atomic E-state index is 13.2. The van der Waals surface area contributed by atoms with Crippen LogP contribution < -0.4 is 24.8 Å². The zero-order chi connectivity index (χ0) is 31.1. The molecule has 1 unspecified atom stereocenters. The number of hydrogen-bond acceptors (Lipinski definition) is 6. The van der Waals surface area contributed by atoms with Crippen LogP contribution in [0.2, 0.25) is 5.02 Å². The Bertz CT molecular complexity index is 1610. The fourth-order valence-electron chi connectivity index (χ4n) is 4.16. The molecule has 0 saturated heterocycles. The summed E-state index contributed by atoms with van der Waals surface area (Å²) in [5.74, 6) is 0.167. The molecule has 0 fully saturated rings. The highest BCUT2D eigenvalue weighted by molar-refractivity contribution is 6.31. The monoisotopic (exact) mass is 614 g/mol. The number of amides is 2. The molecule has 4 aromatic carbocycles. The maximum Gasteiger partial charge on any atom is 0.416 e. The molecule has 0 aliphatic heterocycles. The molecular formula is C31H26ClF3N2O6. The normalized spacial score (nSPS) is 11.7. The number of rotatable bonds is 9. The molecule has 0 heterocycles. The lowest BCUT2D eigenvalue weighted by Crippen LogP contribution is -2.20. The molecule has 0 aliphatic rings. The van der Waals surface area contributed by atoms with Gasteiger partial charge in [-0.05, 0) is 54.1 Å². The lowest BCUT2D eigenvalue weighted by molar-refractivity contribution is -0.137. The Balaban J connectivity index is 1.63. The molecule has 12 heteroatoms. The van der Waals surface area contributed by atoms with Crippen LogP contribution in [-0.2, 0) is 10.9 Å². The summed E-state index contributed by atoms with van der Waals surface area (Å²) in [6.45, 7) is 0. The zero-order valence-electron chi connectivity index (χ0n) is 23.1. The van der Waals surface area contributed by atoms with Crippen molar-refractivity contribution in [2.24, 2.45) is 0 Å². The Morgan fingerprint density at radius 2 is 1.37 bits per heavy atom. The van der Waals surface area contributed by atoms with Gasteiger partial charge in [0.05, 0.1) is 26.9 Å². The molecule has 4 aromatic rings. The van der Waals surface area contributed by atoms with Crippen molar-refractivity contribution in [2.75, 3.05) is 32.0 Å². The number of urea groups is 1. The van der Waals surface area contributed by atoms with Crippen LogP contribution in [0, 0.1) is 0 Å². The molecule has 2 N–H and O–H groups in total. The minimum absolute atomic E-state index is 0.0440. The van der Waals surface area contributed by atoms with Crippen molar-refractivity contribution < 1.29 is 41.7 Å². The van der Waals surface area contributed by atoms with Crippen molar-refractivity contribution in [3.05, 3.63) is 112 Å². The topological polar surface area (TPSA) is 95.1 Å². The quantitative estimate of drug-likeness (QED) is 0.186. The summed E-state index contributed by atoms with van der Waals surface area (Å²) in [4.78, 5) is 25.5. The number of hydrogen-bond donors (Lipinski definition) is 2. The first-order valence-electron chi connectivity index (χ1n) is 12.6. The second-order valence-electron chi connectivity index (χ2n) is 8.99. The number of anilines is 2. The van der Waals surface area contributed by atoms with Crippen LogP contribution in [-0.4, -0.2) is 33.3 Å². The molecule has 0 radical (unpaired) electrons. The molecule has 43 heavy (non-hydrogen) atoms. The van der Waals surface area contributed by atoms with Crippen LogP contribution in [0.15, 0.2) is 84.9 Å². The van der Waals surface area contributed by atoms with Gasteiger partial charge in [0, 0.05) is 28.0 Å². The third-order valence-electron chi connectivity index (χ3n) is 6.26. The Kier molecular flexibility index (Phi) is 9.66. The van der Waals surface area contributed by atoms with Gasteiger partial charge in [0.1, 0.15) is 11.3 Å². The van der Waals surface area contributed by atoms with Crippen molar-refractivity contribution in [1.82, 2.24) is 0 Å². The van der Waals surface area contributed by atoms with Gasteiger partial charge in [0.2, 0.25) is 0 Å². The standard InChI is InChI=1S/C31H26ClF3N2O6/c1-40-26-15-13-21(17-27(26)41-2)37-30(39)36-20-12-14-25(23(16-20)29(38)42-3)43-28(22-6-4-5-7-24(22)32)18-8-10-19(11-9-18)31(33,34)35/h4-17,28H,1-3H3,(H2,36,37,39). The van der Waals surface area contributed by atoms with Crippen LogP contribution in [0.4, 0.5) is 29.3 Å². The second-order valence-corrected chi connectivity index (χ2v) is 9.40. The van der Waals surface area contributed by atoms with Crippen LogP contribution in [0.5, 0.6) is 17.2 Å². The number of benzene rings is 4. The third kappa shape index (κ3) is 7.49. The Morgan fingerprint density at radius 1 is 0.767 bits per heavy atom.